The van der Waals surface area contributed by atoms with E-state index in [1.807, 2.05) is 6.07 Å². The van der Waals surface area contributed by atoms with E-state index in [0.29, 0.717) is 52.4 Å². The first-order valence-corrected chi connectivity index (χ1v) is 46.5. The summed E-state index contributed by atoms with van der Waals surface area (Å²) in [4.78, 5) is 45.3. The lowest BCUT2D eigenvalue weighted by molar-refractivity contribution is 1.08. The standard InChI is InChI=1S/2C45H29N3.C39H25N3/c1-2-12-32(13-3-1)41-16-8-9-17-42(41)37-22-20-36-29-40(25-21-35(36)26-37)45-47-43(38-23-18-30-10-4-6-14-33(30)27-38)46-44(48-45)39-24-19-31-11-5-7-15-34(31)28-39;1-2-9-30(10-3-1)35-15-8-16-36(25-35)37-19-20-39-29-42(24-21-38(39)26-37)45-47-43(40-22-17-31-11-4-6-13-33(31)27-40)46-44(48-45)41-23-18-32-12-5-7-14-34(32)28-41;1-2-8-26(9-3-1)31-16-17-33-25-36(21-18-32(33)22-31)39-41-37(34-19-14-27-10-4-6-12-29(27)23-34)40-38(42-39)35-20-15-28-11-5-7-13-30(28)24-35/h2*1-29H;1-25H. The Kier molecular flexibility index (Phi) is 21.9. The van der Waals surface area contributed by atoms with Crippen molar-refractivity contribution >= 4 is 97.0 Å². The first kappa shape index (κ1) is 82.6. The summed E-state index contributed by atoms with van der Waals surface area (Å²) < 4.78 is 0. The maximum Gasteiger partial charge on any atom is 0.164 e. The number of hydrogen-bond donors (Lipinski definition) is 0. The molecule has 0 spiro atoms. The first-order valence-electron chi connectivity index (χ1n) is 46.5. The van der Waals surface area contributed by atoms with Gasteiger partial charge in [0.1, 0.15) is 0 Å². The number of benzene rings is 23. The molecule has 9 nitrogen and oxygen atoms in total. The second-order valence-corrected chi connectivity index (χ2v) is 34.8. The molecule has 0 aliphatic rings. The maximum atomic E-state index is 5.06. The van der Waals surface area contributed by atoms with Gasteiger partial charge in [0.05, 0.1) is 0 Å². The summed E-state index contributed by atoms with van der Waals surface area (Å²) >= 11 is 0. The quantitative estimate of drug-likeness (QED) is 0.105. The van der Waals surface area contributed by atoms with Crippen LogP contribution in [0.4, 0.5) is 0 Å². The predicted octanol–water partition coefficient (Wildman–Crippen LogP) is 33.3. The van der Waals surface area contributed by atoms with E-state index in [2.05, 4.69) is 497 Å². The minimum atomic E-state index is 0.650. The van der Waals surface area contributed by atoms with Crippen LogP contribution in [-0.4, -0.2) is 44.9 Å². The van der Waals surface area contributed by atoms with E-state index in [1.165, 1.54) is 98.7 Å². The topological polar surface area (TPSA) is 116 Å². The van der Waals surface area contributed by atoms with Crippen molar-refractivity contribution in [1.82, 2.24) is 44.9 Å². The third-order valence-corrected chi connectivity index (χ3v) is 26.0. The molecule has 0 amide bonds. The van der Waals surface area contributed by atoms with E-state index in [9.17, 15) is 0 Å². The van der Waals surface area contributed by atoms with Gasteiger partial charge in [0.15, 0.2) is 52.4 Å². The summed E-state index contributed by atoms with van der Waals surface area (Å²) in [6.07, 6.45) is 0. The highest BCUT2D eigenvalue weighted by Crippen LogP contribution is 2.40. The van der Waals surface area contributed by atoms with Crippen LogP contribution < -0.4 is 0 Å². The molecule has 3 aromatic heterocycles. The predicted molar refractivity (Wildman–Crippen MR) is 573 cm³/mol. The zero-order valence-electron chi connectivity index (χ0n) is 74.9. The highest BCUT2D eigenvalue weighted by Gasteiger charge is 2.21. The summed E-state index contributed by atoms with van der Waals surface area (Å²) in [6.45, 7) is 0. The van der Waals surface area contributed by atoms with Gasteiger partial charge in [0, 0.05) is 50.1 Å². The zero-order chi connectivity index (χ0) is 91.6. The molecule has 0 N–H and O–H groups in total. The molecular weight excluding hydrogens is 1680 g/mol. The third kappa shape index (κ3) is 17.2. The molecule has 26 aromatic rings. The minimum Gasteiger partial charge on any atom is -0.208 e. The van der Waals surface area contributed by atoms with Crippen molar-refractivity contribution < 1.29 is 0 Å². The lowest BCUT2D eigenvalue weighted by Crippen LogP contribution is -2.00. The van der Waals surface area contributed by atoms with Gasteiger partial charge in [-0.3, -0.25) is 0 Å². The number of fused-ring (bicyclic) bond motifs is 9. The van der Waals surface area contributed by atoms with E-state index >= 15 is 0 Å². The van der Waals surface area contributed by atoms with Crippen molar-refractivity contribution in [2.75, 3.05) is 0 Å². The Morgan fingerprint density at radius 3 is 0.478 bits per heavy atom. The highest BCUT2D eigenvalue weighted by molar-refractivity contribution is 5.99. The van der Waals surface area contributed by atoms with Crippen molar-refractivity contribution in [2.45, 2.75) is 0 Å². The summed E-state index contributed by atoms with van der Waals surface area (Å²) in [5.74, 6) is 5.90. The largest absolute Gasteiger partial charge is 0.208 e. The van der Waals surface area contributed by atoms with Gasteiger partial charge in [-0.15, -0.1) is 0 Å². The molecule has 0 unspecified atom stereocenters. The minimum absolute atomic E-state index is 0.650. The Morgan fingerprint density at radius 2 is 0.225 bits per heavy atom. The fraction of sp³-hybridized carbons (Fsp3) is 0. The van der Waals surface area contributed by atoms with Gasteiger partial charge in [-0.1, -0.05) is 425 Å². The van der Waals surface area contributed by atoms with Crippen LogP contribution in [0.1, 0.15) is 0 Å². The van der Waals surface area contributed by atoms with Gasteiger partial charge in [-0.05, 0) is 231 Å². The van der Waals surface area contributed by atoms with Crippen LogP contribution in [0.15, 0.2) is 504 Å². The highest BCUT2D eigenvalue weighted by atomic mass is 15.1. The number of hydrogen-bond acceptors (Lipinski definition) is 9. The normalized spacial score (nSPS) is 11.3. The molecule has 644 valence electrons. The Morgan fingerprint density at radius 1 is 0.0797 bits per heavy atom. The molecule has 0 bridgehead atoms. The van der Waals surface area contributed by atoms with Crippen molar-refractivity contribution in [2.24, 2.45) is 0 Å². The third-order valence-electron chi connectivity index (χ3n) is 26.0. The molecule has 0 saturated heterocycles. The fourth-order valence-electron chi connectivity index (χ4n) is 18.7. The summed E-state index contributed by atoms with van der Waals surface area (Å²) in [7, 11) is 0. The molecule has 138 heavy (non-hydrogen) atoms. The average molecular weight is 1760 g/mol. The molecule has 0 fully saturated rings. The molecule has 26 rings (SSSR count). The molecule has 0 aliphatic heterocycles. The monoisotopic (exact) mass is 1760 g/mol. The number of nitrogens with zero attached hydrogens (tertiary/aromatic N) is 9. The van der Waals surface area contributed by atoms with Crippen molar-refractivity contribution in [3.05, 3.63) is 504 Å². The smallest absolute Gasteiger partial charge is 0.164 e. The van der Waals surface area contributed by atoms with Gasteiger partial charge >= 0.3 is 0 Å². The van der Waals surface area contributed by atoms with E-state index in [-0.39, 0.29) is 0 Å². The fourth-order valence-corrected chi connectivity index (χ4v) is 18.7. The molecular formula is C129H83N9. The van der Waals surface area contributed by atoms with E-state index < -0.39 is 0 Å². The Balaban J connectivity index is 0.000000113. The maximum absolute atomic E-state index is 5.06. The lowest BCUT2D eigenvalue weighted by atomic mass is 9.93. The van der Waals surface area contributed by atoms with Crippen LogP contribution in [0.2, 0.25) is 0 Å². The first-order chi connectivity index (χ1) is 68.2. The van der Waals surface area contributed by atoms with Crippen molar-refractivity contribution in [1.29, 1.82) is 0 Å². The Labute approximate surface area is 797 Å². The molecule has 9 heteroatoms. The molecule has 0 aliphatic carbocycles. The SMILES string of the molecule is c1ccc(-c2ccc3cc(-c4nc(-c5ccc6ccccc6c5)nc(-c5ccc6ccccc6c5)n4)ccc3c2)cc1.c1ccc(-c2cccc(-c3ccc4cc(-c5nc(-c6ccc7ccccc7c6)nc(-c6ccc7ccccc7c6)n5)ccc4c3)c2)cc1.c1ccc(-c2ccccc2-c2ccc3cc(-c4nc(-c5ccc6ccccc6c5)nc(-c5ccc6ccccc6c5)n4)ccc3c2)cc1. The molecule has 3 heterocycles. The zero-order valence-corrected chi connectivity index (χ0v) is 74.9. The van der Waals surface area contributed by atoms with E-state index in [4.69, 9.17) is 44.9 Å². The molecule has 0 saturated carbocycles. The van der Waals surface area contributed by atoms with Crippen LogP contribution in [0.25, 0.3) is 255 Å². The van der Waals surface area contributed by atoms with Gasteiger partial charge in [0.25, 0.3) is 0 Å². The summed E-state index contributed by atoms with van der Waals surface area (Å²) in [5.41, 5.74) is 20.7. The molecule has 23 aromatic carbocycles. The van der Waals surface area contributed by atoms with Gasteiger partial charge in [-0.2, -0.15) is 0 Å². The van der Waals surface area contributed by atoms with Gasteiger partial charge in [0.2, 0.25) is 0 Å². The molecule has 0 radical (unpaired) electrons. The van der Waals surface area contributed by atoms with Gasteiger partial charge in [-0.25, -0.2) is 44.9 Å². The Bertz CT molecular complexity index is 8890. The Hall–Kier alpha value is -18.6. The second-order valence-electron chi connectivity index (χ2n) is 34.8. The van der Waals surface area contributed by atoms with Crippen LogP contribution >= 0.6 is 0 Å². The second kappa shape index (κ2) is 36.5. The van der Waals surface area contributed by atoms with E-state index in [0.717, 1.165) is 104 Å². The van der Waals surface area contributed by atoms with Crippen LogP contribution in [0.3, 0.4) is 0 Å². The average Bonchev–Trinajstić information content (AvgIpc) is 0.778. The summed E-state index contributed by atoms with van der Waals surface area (Å²) in [5, 5.41) is 21.0. The van der Waals surface area contributed by atoms with Crippen molar-refractivity contribution in [3.8, 4) is 158 Å². The lowest BCUT2D eigenvalue weighted by Gasteiger charge is -2.12. The van der Waals surface area contributed by atoms with Crippen molar-refractivity contribution in [3.63, 3.8) is 0 Å². The van der Waals surface area contributed by atoms with Crippen LogP contribution in [0, 0.1) is 0 Å². The number of rotatable bonds is 14. The van der Waals surface area contributed by atoms with Crippen LogP contribution in [-0.2, 0) is 0 Å². The number of aromatic nitrogens is 9. The van der Waals surface area contributed by atoms with Gasteiger partial charge < -0.3 is 0 Å². The molecule has 0 atom stereocenters. The van der Waals surface area contributed by atoms with Crippen LogP contribution in [0.5, 0.6) is 0 Å². The van der Waals surface area contributed by atoms with E-state index in [1.54, 1.807) is 0 Å². The summed E-state index contributed by atoms with van der Waals surface area (Å²) in [6, 6.07) is 177.